The van der Waals surface area contributed by atoms with Crippen LogP contribution in [0.15, 0.2) is 59.0 Å². The number of piperidine rings is 1. The fraction of sp³-hybridized carbons (Fsp3) is 0.400. The molecule has 164 valence electrons. The SMILES string of the molecule is S=c1n(CN2CCC(c3nc4ccccc4o3)CC2)nc(C2CC2)n1Cc1ccccc1. The number of hydrogen-bond donors (Lipinski definition) is 0. The van der Waals surface area contributed by atoms with Crippen LogP contribution in [0.5, 0.6) is 0 Å². The Labute approximate surface area is 192 Å². The van der Waals surface area contributed by atoms with Gasteiger partial charge in [-0.2, -0.15) is 5.10 Å². The fourth-order valence-electron chi connectivity index (χ4n) is 4.68. The summed E-state index contributed by atoms with van der Waals surface area (Å²) in [6, 6.07) is 18.6. The number of nitrogens with zero attached hydrogens (tertiary/aromatic N) is 5. The molecule has 6 rings (SSSR count). The molecule has 1 aliphatic carbocycles. The van der Waals surface area contributed by atoms with E-state index in [1.165, 1.54) is 18.4 Å². The first kappa shape index (κ1) is 19.9. The number of rotatable bonds is 6. The van der Waals surface area contributed by atoms with Crippen molar-refractivity contribution in [2.45, 2.75) is 50.7 Å². The van der Waals surface area contributed by atoms with Crippen molar-refractivity contribution >= 4 is 23.3 Å². The van der Waals surface area contributed by atoms with Crippen LogP contribution in [0.1, 0.15) is 54.8 Å². The molecule has 1 aliphatic heterocycles. The Kier molecular flexibility index (Phi) is 5.15. The molecule has 0 bridgehead atoms. The van der Waals surface area contributed by atoms with E-state index in [4.69, 9.17) is 26.7 Å². The van der Waals surface area contributed by atoms with Gasteiger partial charge in [-0.15, -0.1) is 0 Å². The van der Waals surface area contributed by atoms with E-state index in [1.807, 2.05) is 28.9 Å². The minimum absolute atomic E-state index is 0.379. The van der Waals surface area contributed by atoms with Gasteiger partial charge in [-0.1, -0.05) is 42.5 Å². The first-order valence-electron chi connectivity index (χ1n) is 11.5. The van der Waals surface area contributed by atoms with E-state index in [0.717, 1.165) is 66.7 Å². The maximum atomic E-state index is 6.02. The maximum Gasteiger partial charge on any atom is 0.199 e. The second kappa shape index (κ2) is 8.30. The van der Waals surface area contributed by atoms with Gasteiger partial charge in [-0.25, -0.2) is 9.67 Å². The average Bonchev–Trinajstić information content (AvgIpc) is 3.51. The van der Waals surface area contributed by atoms with Gasteiger partial charge >= 0.3 is 0 Å². The van der Waals surface area contributed by atoms with Crippen molar-refractivity contribution in [3.63, 3.8) is 0 Å². The van der Waals surface area contributed by atoms with Crippen molar-refractivity contribution in [3.05, 3.63) is 76.6 Å². The molecule has 3 heterocycles. The molecule has 0 spiro atoms. The van der Waals surface area contributed by atoms with Gasteiger partial charge in [-0.3, -0.25) is 9.47 Å². The summed E-state index contributed by atoms with van der Waals surface area (Å²) in [6.45, 7) is 3.54. The van der Waals surface area contributed by atoms with E-state index >= 15 is 0 Å². The summed E-state index contributed by atoms with van der Waals surface area (Å²) in [5, 5.41) is 4.97. The standard InChI is InChI=1S/C25H27N5OS/c32-25-29(16-18-6-2-1-3-7-18)23(19-10-11-19)27-30(25)17-28-14-12-20(13-15-28)24-26-21-8-4-5-9-22(21)31-24/h1-9,19-20H,10-17H2. The summed E-state index contributed by atoms with van der Waals surface area (Å²) in [6.07, 6.45) is 4.52. The molecule has 1 saturated carbocycles. The minimum atomic E-state index is 0.379. The highest BCUT2D eigenvalue weighted by Gasteiger charge is 2.31. The van der Waals surface area contributed by atoms with Gasteiger partial charge in [0, 0.05) is 24.9 Å². The summed E-state index contributed by atoms with van der Waals surface area (Å²) in [4.78, 5) is 7.17. The summed E-state index contributed by atoms with van der Waals surface area (Å²) < 4.78 is 11.1. The van der Waals surface area contributed by atoms with Gasteiger partial charge in [0.1, 0.15) is 11.3 Å². The third-order valence-corrected chi connectivity index (χ3v) is 7.09. The molecule has 7 heteroatoms. The molecule has 32 heavy (non-hydrogen) atoms. The fourth-order valence-corrected chi connectivity index (χ4v) is 4.94. The Morgan fingerprint density at radius 1 is 0.906 bits per heavy atom. The van der Waals surface area contributed by atoms with Gasteiger partial charge in [0.2, 0.25) is 0 Å². The summed E-state index contributed by atoms with van der Waals surface area (Å²) in [5.41, 5.74) is 3.10. The van der Waals surface area contributed by atoms with Gasteiger partial charge < -0.3 is 4.42 Å². The van der Waals surface area contributed by atoms with Gasteiger partial charge in [0.05, 0.1) is 13.2 Å². The van der Waals surface area contributed by atoms with Crippen molar-refractivity contribution in [1.82, 2.24) is 24.2 Å². The highest BCUT2D eigenvalue weighted by molar-refractivity contribution is 7.71. The topological polar surface area (TPSA) is 52.0 Å². The van der Waals surface area contributed by atoms with Crippen LogP contribution in [0, 0.1) is 4.77 Å². The Balaban J connectivity index is 1.16. The van der Waals surface area contributed by atoms with E-state index < -0.39 is 0 Å². The normalized spacial score (nSPS) is 17.9. The lowest BCUT2D eigenvalue weighted by Crippen LogP contribution is -2.35. The smallest absolute Gasteiger partial charge is 0.199 e. The van der Waals surface area contributed by atoms with Gasteiger partial charge in [0.25, 0.3) is 0 Å². The third kappa shape index (κ3) is 3.91. The average molecular weight is 446 g/mol. The number of para-hydroxylation sites is 2. The van der Waals surface area contributed by atoms with E-state index in [-0.39, 0.29) is 0 Å². The molecule has 1 saturated heterocycles. The molecule has 2 fully saturated rings. The lowest BCUT2D eigenvalue weighted by atomic mass is 9.97. The molecule has 2 aromatic carbocycles. The molecule has 0 atom stereocenters. The molecule has 0 radical (unpaired) electrons. The number of hydrogen-bond acceptors (Lipinski definition) is 5. The van der Waals surface area contributed by atoms with Crippen LogP contribution in [0.25, 0.3) is 11.1 Å². The van der Waals surface area contributed by atoms with Gasteiger partial charge in [-0.05, 0) is 55.6 Å². The van der Waals surface area contributed by atoms with Crippen molar-refractivity contribution in [1.29, 1.82) is 0 Å². The molecule has 0 unspecified atom stereocenters. The van der Waals surface area contributed by atoms with E-state index in [2.05, 4.69) is 39.8 Å². The monoisotopic (exact) mass is 445 g/mol. The van der Waals surface area contributed by atoms with Crippen LogP contribution in [0.4, 0.5) is 0 Å². The molecular weight excluding hydrogens is 418 g/mol. The Hall–Kier alpha value is -2.77. The lowest BCUT2D eigenvalue weighted by Gasteiger charge is -2.30. The zero-order valence-corrected chi connectivity index (χ0v) is 18.9. The third-order valence-electron chi connectivity index (χ3n) is 6.66. The van der Waals surface area contributed by atoms with Crippen molar-refractivity contribution in [3.8, 4) is 0 Å². The van der Waals surface area contributed by atoms with Crippen molar-refractivity contribution in [2.75, 3.05) is 13.1 Å². The highest BCUT2D eigenvalue weighted by Crippen LogP contribution is 2.39. The number of fused-ring (bicyclic) bond motifs is 1. The van der Waals surface area contributed by atoms with Crippen LogP contribution < -0.4 is 0 Å². The highest BCUT2D eigenvalue weighted by atomic mass is 32.1. The number of oxazole rings is 1. The second-order valence-corrected chi connectivity index (χ2v) is 9.41. The molecule has 0 amide bonds. The van der Waals surface area contributed by atoms with E-state index in [1.54, 1.807) is 0 Å². The van der Waals surface area contributed by atoms with Gasteiger partial charge in [0.15, 0.2) is 16.2 Å². The molecular formula is C25H27N5OS. The Morgan fingerprint density at radius 2 is 1.66 bits per heavy atom. The largest absolute Gasteiger partial charge is 0.440 e. The predicted octanol–water partition coefficient (Wildman–Crippen LogP) is 5.32. The molecule has 0 N–H and O–H groups in total. The zero-order chi connectivity index (χ0) is 21.5. The first-order valence-corrected chi connectivity index (χ1v) is 11.9. The zero-order valence-electron chi connectivity index (χ0n) is 18.1. The molecule has 6 nitrogen and oxygen atoms in total. The second-order valence-electron chi connectivity index (χ2n) is 9.04. The molecule has 2 aromatic heterocycles. The van der Waals surface area contributed by atoms with Crippen LogP contribution in [0.2, 0.25) is 0 Å². The minimum Gasteiger partial charge on any atom is -0.440 e. The number of aromatic nitrogens is 4. The van der Waals surface area contributed by atoms with Crippen LogP contribution >= 0.6 is 12.2 Å². The predicted molar refractivity (Wildman–Crippen MR) is 126 cm³/mol. The Bertz CT molecular complexity index is 1250. The summed E-state index contributed by atoms with van der Waals surface area (Å²) in [7, 11) is 0. The van der Waals surface area contributed by atoms with E-state index in [9.17, 15) is 0 Å². The molecule has 2 aliphatic rings. The van der Waals surface area contributed by atoms with Crippen LogP contribution in [-0.2, 0) is 13.2 Å². The first-order chi connectivity index (χ1) is 15.7. The number of benzene rings is 2. The molecule has 4 aromatic rings. The lowest BCUT2D eigenvalue weighted by molar-refractivity contribution is 0.153. The number of likely N-dealkylation sites (tertiary alicyclic amines) is 1. The summed E-state index contributed by atoms with van der Waals surface area (Å²) >= 11 is 5.88. The maximum absolute atomic E-state index is 6.02. The summed E-state index contributed by atoms with van der Waals surface area (Å²) in [5.74, 6) is 2.97. The van der Waals surface area contributed by atoms with Crippen molar-refractivity contribution < 1.29 is 4.42 Å². The van der Waals surface area contributed by atoms with Crippen molar-refractivity contribution in [2.24, 2.45) is 0 Å². The van der Waals surface area contributed by atoms with E-state index in [0.29, 0.717) is 11.8 Å². The quantitative estimate of drug-likeness (QED) is 0.376. The van der Waals surface area contributed by atoms with Crippen LogP contribution in [0.3, 0.4) is 0 Å². The Morgan fingerprint density at radius 3 is 2.41 bits per heavy atom. The van der Waals surface area contributed by atoms with Crippen LogP contribution in [-0.4, -0.2) is 37.3 Å².